The molecule has 0 aliphatic carbocycles. The van der Waals surface area contributed by atoms with E-state index in [2.05, 4.69) is 4.72 Å². The largest absolute Gasteiger partial charge is 0.242 e. The van der Waals surface area contributed by atoms with Crippen LogP contribution in [-0.4, -0.2) is 14.2 Å². The lowest BCUT2D eigenvalue weighted by molar-refractivity contribution is 0.546. The fourth-order valence-electron chi connectivity index (χ4n) is 2.38. The Morgan fingerprint density at radius 2 is 1.81 bits per heavy atom. The molecule has 2 aromatic rings. The van der Waals surface area contributed by atoms with E-state index in [0.717, 1.165) is 22.6 Å². The first-order valence-electron chi connectivity index (χ1n) is 6.56. The smallest absolute Gasteiger partial charge is 0.207 e. The molecule has 1 atom stereocenters. The molecule has 0 aromatic heterocycles. The average molecular weight is 340 g/mol. The molecule has 0 fully saturated rings. The number of benzene rings is 2. The fourth-order valence-corrected chi connectivity index (χ4v) is 5.27. The third-order valence-corrected chi connectivity index (χ3v) is 6.48. The zero-order valence-electron chi connectivity index (χ0n) is 11.1. The van der Waals surface area contributed by atoms with Gasteiger partial charge in [0.1, 0.15) is 4.90 Å². The fraction of sp³-hybridized carbons (Fsp3) is 0.200. The zero-order chi connectivity index (χ0) is 14.9. The number of sulfonamides is 1. The summed E-state index contributed by atoms with van der Waals surface area (Å²) in [5, 5.41) is 0.239. The summed E-state index contributed by atoms with van der Waals surface area (Å²) in [5.41, 5.74) is 1.03. The summed E-state index contributed by atoms with van der Waals surface area (Å²) < 4.78 is 27.8. The van der Waals surface area contributed by atoms with Crippen LogP contribution in [0.5, 0.6) is 0 Å². The van der Waals surface area contributed by atoms with Gasteiger partial charge in [-0.3, -0.25) is 0 Å². The number of hydrogen-bond donors (Lipinski definition) is 1. The van der Waals surface area contributed by atoms with Gasteiger partial charge in [0.2, 0.25) is 10.0 Å². The third kappa shape index (κ3) is 3.11. The van der Waals surface area contributed by atoms with Crippen LogP contribution in [0.25, 0.3) is 0 Å². The summed E-state index contributed by atoms with van der Waals surface area (Å²) in [5.74, 6) is 0.896. The van der Waals surface area contributed by atoms with Gasteiger partial charge in [0, 0.05) is 10.9 Å². The molecule has 0 unspecified atom stereocenters. The van der Waals surface area contributed by atoms with Crippen LogP contribution in [0.4, 0.5) is 0 Å². The van der Waals surface area contributed by atoms with E-state index in [1.807, 2.05) is 24.3 Å². The maximum Gasteiger partial charge on any atom is 0.242 e. The summed E-state index contributed by atoms with van der Waals surface area (Å²) in [6.07, 6.45) is 0.769. The molecule has 1 N–H and O–H groups in total. The van der Waals surface area contributed by atoms with E-state index in [1.165, 1.54) is 6.07 Å². The number of rotatable bonds is 3. The predicted molar refractivity (Wildman–Crippen MR) is 86.3 cm³/mol. The molecular formula is C15H14ClNO2S2. The Hall–Kier alpha value is -1.01. The van der Waals surface area contributed by atoms with E-state index in [0.29, 0.717) is 0 Å². The summed E-state index contributed by atoms with van der Waals surface area (Å²) >= 11 is 7.76. The number of fused-ring (bicyclic) bond motifs is 1. The summed E-state index contributed by atoms with van der Waals surface area (Å²) in [4.78, 5) is 1.26. The minimum atomic E-state index is -3.62. The standard InChI is InChI=1S/C15H14ClNO2S2/c16-12-6-2-4-8-15(12)21(18,19)17-13-9-10-20-14-7-3-1-5-11(13)14/h1-8,13,17H,9-10H2/t13-/m0/s1. The van der Waals surface area contributed by atoms with E-state index >= 15 is 0 Å². The van der Waals surface area contributed by atoms with Crippen LogP contribution in [0.2, 0.25) is 5.02 Å². The quantitative estimate of drug-likeness (QED) is 0.923. The molecule has 6 heteroatoms. The van der Waals surface area contributed by atoms with Crippen molar-refractivity contribution in [2.75, 3.05) is 5.75 Å². The van der Waals surface area contributed by atoms with Crippen LogP contribution in [0, 0.1) is 0 Å². The van der Waals surface area contributed by atoms with Crippen molar-refractivity contribution in [2.45, 2.75) is 22.3 Å². The Morgan fingerprint density at radius 1 is 1.10 bits per heavy atom. The molecule has 3 rings (SSSR count). The molecular weight excluding hydrogens is 326 g/mol. The summed E-state index contributed by atoms with van der Waals surface area (Å²) in [7, 11) is -3.62. The Balaban J connectivity index is 1.93. The molecule has 2 aromatic carbocycles. The van der Waals surface area contributed by atoms with E-state index in [1.54, 1.807) is 30.0 Å². The molecule has 1 aliphatic heterocycles. The van der Waals surface area contributed by atoms with E-state index in [-0.39, 0.29) is 16.0 Å². The first kappa shape index (κ1) is 14.9. The van der Waals surface area contributed by atoms with Crippen molar-refractivity contribution in [3.05, 3.63) is 59.1 Å². The Morgan fingerprint density at radius 3 is 2.62 bits per heavy atom. The van der Waals surface area contributed by atoms with Crippen molar-refractivity contribution in [3.8, 4) is 0 Å². The Labute approximate surface area is 133 Å². The highest BCUT2D eigenvalue weighted by Gasteiger charge is 2.26. The lowest BCUT2D eigenvalue weighted by atomic mass is 10.1. The molecule has 110 valence electrons. The number of halogens is 1. The lowest BCUT2D eigenvalue weighted by Crippen LogP contribution is -2.30. The number of thioether (sulfide) groups is 1. The third-order valence-electron chi connectivity index (χ3n) is 3.38. The monoisotopic (exact) mass is 339 g/mol. The van der Waals surface area contributed by atoms with Crippen LogP contribution < -0.4 is 4.72 Å². The first-order chi connectivity index (χ1) is 10.1. The molecule has 0 saturated carbocycles. The number of nitrogens with one attached hydrogen (secondary N) is 1. The predicted octanol–water partition coefficient (Wildman–Crippen LogP) is 3.86. The second kappa shape index (κ2) is 6.01. The van der Waals surface area contributed by atoms with Gasteiger partial charge >= 0.3 is 0 Å². The van der Waals surface area contributed by atoms with Crippen molar-refractivity contribution >= 4 is 33.4 Å². The maximum atomic E-state index is 12.5. The average Bonchev–Trinajstić information content (AvgIpc) is 2.47. The molecule has 1 aliphatic rings. The minimum absolute atomic E-state index is 0.127. The van der Waals surface area contributed by atoms with Gasteiger partial charge in [0.15, 0.2) is 0 Å². The van der Waals surface area contributed by atoms with Gasteiger partial charge in [-0.15, -0.1) is 11.8 Å². The lowest BCUT2D eigenvalue weighted by Gasteiger charge is -2.25. The van der Waals surface area contributed by atoms with Crippen LogP contribution in [0.3, 0.4) is 0 Å². The zero-order valence-corrected chi connectivity index (χ0v) is 13.5. The van der Waals surface area contributed by atoms with E-state index in [9.17, 15) is 8.42 Å². The second-order valence-corrected chi connectivity index (χ2v) is 8.01. The molecule has 3 nitrogen and oxygen atoms in total. The van der Waals surface area contributed by atoms with Crippen molar-refractivity contribution in [1.29, 1.82) is 0 Å². The topological polar surface area (TPSA) is 46.2 Å². The molecule has 0 spiro atoms. The molecule has 0 saturated heterocycles. The van der Waals surface area contributed by atoms with Gasteiger partial charge in [-0.05, 0) is 35.9 Å². The number of hydrogen-bond acceptors (Lipinski definition) is 3. The van der Waals surface area contributed by atoms with Crippen molar-refractivity contribution in [1.82, 2.24) is 4.72 Å². The SMILES string of the molecule is O=S(=O)(N[C@H]1CCSc2ccccc21)c1ccccc1Cl. The second-order valence-electron chi connectivity index (χ2n) is 4.78. The Kier molecular flexibility index (Phi) is 4.26. The van der Waals surface area contributed by atoms with Crippen LogP contribution in [0.1, 0.15) is 18.0 Å². The van der Waals surface area contributed by atoms with Gasteiger partial charge in [-0.1, -0.05) is 41.9 Å². The van der Waals surface area contributed by atoms with Gasteiger partial charge in [-0.2, -0.15) is 0 Å². The summed E-state index contributed by atoms with van der Waals surface area (Å²) in [6.45, 7) is 0. The molecule has 21 heavy (non-hydrogen) atoms. The molecule has 0 radical (unpaired) electrons. The Bertz CT molecular complexity index is 762. The van der Waals surface area contributed by atoms with Gasteiger partial charge in [0.05, 0.1) is 5.02 Å². The first-order valence-corrected chi connectivity index (χ1v) is 9.41. The van der Waals surface area contributed by atoms with Crippen molar-refractivity contribution in [3.63, 3.8) is 0 Å². The van der Waals surface area contributed by atoms with Crippen LogP contribution >= 0.6 is 23.4 Å². The molecule has 0 bridgehead atoms. The van der Waals surface area contributed by atoms with Gasteiger partial charge in [-0.25, -0.2) is 13.1 Å². The molecule has 1 heterocycles. The van der Waals surface area contributed by atoms with E-state index in [4.69, 9.17) is 11.6 Å². The normalized spacial score (nSPS) is 18.2. The van der Waals surface area contributed by atoms with Crippen LogP contribution in [-0.2, 0) is 10.0 Å². The highest BCUT2D eigenvalue weighted by atomic mass is 35.5. The van der Waals surface area contributed by atoms with Crippen molar-refractivity contribution < 1.29 is 8.42 Å². The molecule has 0 amide bonds. The van der Waals surface area contributed by atoms with Gasteiger partial charge < -0.3 is 0 Å². The van der Waals surface area contributed by atoms with Crippen molar-refractivity contribution in [2.24, 2.45) is 0 Å². The van der Waals surface area contributed by atoms with E-state index < -0.39 is 10.0 Å². The highest BCUT2D eigenvalue weighted by molar-refractivity contribution is 7.99. The summed E-state index contributed by atoms with van der Waals surface area (Å²) in [6, 6.07) is 14.2. The highest BCUT2D eigenvalue weighted by Crippen LogP contribution is 2.36. The van der Waals surface area contributed by atoms with Crippen LogP contribution in [0.15, 0.2) is 58.3 Å². The minimum Gasteiger partial charge on any atom is -0.207 e. The van der Waals surface area contributed by atoms with Gasteiger partial charge in [0.25, 0.3) is 0 Å². The maximum absolute atomic E-state index is 12.5.